The van der Waals surface area contributed by atoms with E-state index < -0.39 is 11.9 Å². The first-order valence-electron chi connectivity index (χ1n) is 7.54. The van der Waals surface area contributed by atoms with Crippen LogP contribution < -0.4 is 0 Å². The van der Waals surface area contributed by atoms with Gasteiger partial charge in [0, 0.05) is 13.1 Å². The summed E-state index contributed by atoms with van der Waals surface area (Å²) in [6.07, 6.45) is 2.53. The number of carboxylic acid groups (broad SMARTS) is 1. The fraction of sp³-hybridized carbons (Fsp3) is 0.438. The highest BCUT2D eigenvalue weighted by Gasteiger charge is 2.31. The molecule has 1 amide bonds. The zero-order chi connectivity index (χ0) is 16.4. The van der Waals surface area contributed by atoms with Gasteiger partial charge in [-0.05, 0) is 24.8 Å². The average molecular weight is 406 g/mol. The number of thioether (sulfide) groups is 1. The maximum atomic E-state index is 12.6. The summed E-state index contributed by atoms with van der Waals surface area (Å²) in [5.41, 5.74) is 1.83. The van der Waals surface area contributed by atoms with Gasteiger partial charge in [0.1, 0.15) is 12.4 Å². The summed E-state index contributed by atoms with van der Waals surface area (Å²) in [6.45, 7) is 1.03. The number of carboxylic acids is 1. The number of aromatic nitrogens is 2. The second-order valence-corrected chi connectivity index (χ2v) is 6.57. The number of benzene rings is 1. The van der Waals surface area contributed by atoms with Gasteiger partial charge in [-0.15, -0.1) is 24.8 Å². The lowest BCUT2D eigenvalue weighted by atomic mass is 10.1. The Morgan fingerprint density at radius 3 is 2.68 bits per heavy atom. The molecule has 0 bridgehead atoms. The normalized spacial score (nSPS) is 16.4. The van der Waals surface area contributed by atoms with Crippen LogP contribution in [0.3, 0.4) is 0 Å². The Kier molecular flexibility index (Phi) is 8.05. The van der Waals surface area contributed by atoms with Crippen LogP contribution in [0.25, 0.3) is 11.0 Å². The number of aliphatic carboxylic acids is 1. The highest BCUT2D eigenvalue weighted by Crippen LogP contribution is 2.21. The lowest BCUT2D eigenvalue weighted by Crippen LogP contribution is -2.33. The van der Waals surface area contributed by atoms with Crippen LogP contribution in [0.4, 0.5) is 0 Å². The zero-order valence-electron chi connectivity index (χ0n) is 13.8. The van der Waals surface area contributed by atoms with Gasteiger partial charge in [-0.25, -0.2) is 4.98 Å². The van der Waals surface area contributed by atoms with Gasteiger partial charge in [0.25, 0.3) is 0 Å². The summed E-state index contributed by atoms with van der Waals surface area (Å²) in [6, 6.07) is 7.77. The molecule has 25 heavy (non-hydrogen) atoms. The molecule has 0 radical (unpaired) electrons. The topological polar surface area (TPSA) is 75.4 Å². The number of carbonyl (C=O) groups is 2. The van der Waals surface area contributed by atoms with Gasteiger partial charge in [-0.3, -0.25) is 9.59 Å². The predicted molar refractivity (Wildman–Crippen MR) is 104 cm³/mol. The first kappa shape index (κ1) is 21.6. The number of halogens is 2. The third-order valence-electron chi connectivity index (χ3n) is 4.19. The van der Waals surface area contributed by atoms with E-state index in [2.05, 4.69) is 4.98 Å². The Hall–Kier alpha value is -1.44. The van der Waals surface area contributed by atoms with Gasteiger partial charge in [-0.1, -0.05) is 12.1 Å². The molecule has 2 heterocycles. The van der Waals surface area contributed by atoms with Crippen molar-refractivity contribution < 1.29 is 14.7 Å². The predicted octanol–water partition coefficient (Wildman–Crippen LogP) is 2.68. The molecule has 2 aromatic rings. The van der Waals surface area contributed by atoms with E-state index in [0.29, 0.717) is 19.5 Å². The molecule has 0 saturated carbocycles. The molecule has 138 valence electrons. The van der Waals surface area contributed by atoms with Crippen molar-refractivity contribution in [1.29, 1.82) is 0 Å². The Bertz CT molecular complexity index is 753. The van der Waals surface area contributed by atoms with Gasteiger partial charge < -0.3 is 14.6 Å². The van der Waals surface area contributed by atoms with E-state index in [-0.39, 0.29) is 37.3 Å². The summed E-state index contributed by atoms with van der Waals surface area (Å²) in [4.78, 5) is 29.9. The van der Waals surface area contributed by atoms with Gasteiger partial charge in [0.2, 0.25) is 5.91 Å². The number of hydrogen-bond donors (Lipinski definition) is 1. The lowest BCUT2D eigenvalue weighted by Gasteiger charge is -2.17. The van der Waals surface area contributed by atoms with E-state index in [0.717, 1.165) is 22.6 Å². The number of amides is 1. The summed E-state index contributed by atoms with van der Waals surface area (Å²) < 4.78 is 1.95. The number of para-hydroxylation sites is 2. The number of nitrogens with zero attached hydrogens (tertiary/aromatic N) is 3. The van der Waals surface area contributed by atoms with Crippen molar-refractivity contribution in [2.45, 2.75) is 18.7 Å². The third kappa shape index (κ3) is 4.59. The second-order valence-electron chi connectivity index (χ2n) is 5.70. The molecule has 1 saturated heterocycles. The Morgan fingerprint density at radius 1 is 1.32 bits per heavy atom. The molecular formula is C16H21Cl2N3O3S. The summed E-state index contributed by atoms with van der Waals surface area (Å²) in [5, 5.41) is 9.07. The van der Waals surface area contributed by atoms with E-state index in [1.165, 1.54) is 0 Å². The van der Waals surface area contributed by atoms with Gasteiger partial charge in [0.15, 0.2) is 0 Å². The maximum absolute atomic E-state index is 12.6. The Labute approximate surface area is 162 Å². The Balaban J connectivity index is 0.00000156. The first-order chi connectivity index (χ1) is 11.1. The number of likely N-dealkylation sites (tertiary alicyclic amines) is 1. The zero-order valence-corrected chi connectivity index (χ0v) is 16.2. The number of carbonyl (C=O) groups excluding carboxylic acids is 1. The van der Waals surface area contributed by atoms with Crippen molar-refractivity contribution in [2.24, 2.45) is 5.92 Å². The monoisotopic (exact) mass is 405 g/mol. The third-order valence-corrected chi connectivity index (χ3v) is 4.74. The van der Waals surface area contributed by atoms with Crippen LogP contribution >= 0.6 is 36.6 Å². The highest BCUT2D eigenvalue weighted by molar-refractivity contribution is 7.97. The molecule has 1 N–H and O–H groups in total. The van der Waals surface area contributed by atoms with Crippen molar-refractivity contribution in [1.82, 2.24) is 14.5 Å². The smallest absolute Gasteiger partial charge is 0.308 e. The lowest BCUT2D eigenvalue weighted by molar-refractivity contribution is -0.141. The molecule has 1 aromatic carbocycles. The fourth-order valence-corrected chi connectivity index (χ4v) is 3.44. The second kappa shape index (κ2) is 9.31. The van der Waals surface area contributed by atoms with E-state index in [1.54, 1.807) is 16.7 Å². The number of hydrogen-bond acceptors (Lipinski definition) is 4. The molecular weight excluding hydrogens is 385 g/mol. The van der Waals surface area contributed by atoms with Crippen LogP contribution in [0.15, 0.2) is 24.3 Å². The average Bonchev–Trinajstić information content (AvgIpc) is 3.14. The molecule has 1 fully saturated rings. The van der Waals surface area contributed by atoms with Crippen LogP contribution in [0.1, 0.15) is 12.2 Å². The first-order valence-corrected chi connectivity index (χ1v) is 8.93. The van der Waals surface area contributed by atoms with E-state index in [4.69, 9.17) is 5.11 Å². The van der Waals surface area contributed by atoms with Crippen molar-refractivity contribution in [2.75, 3.05) is 19.3 Å². The standard InChI is InChI=1S/C16H19N3O3S.2ClH/c1-23-10-14-17-12-4-2-3-5-13(12)19(14)9-15(20)18-7-6-11(8-18)16(21)22;;/h2-5,11H,6-10H2,1H3,(H,21,22);2*1H. The molecule has 3 rings (SSSR count). The SMILES string of the molecule is CSCc1nc2ccccc2n1CC(=O)N1CCC(C(=O)O)C1.Cl.Cl. The number of rotatable bonds is 5. The highest BCUT2D eigenvalue weighted by atomic mass is 35.5. The van der Waals surface area contributed by atoms with Crippen molar-refractivity contribution >= 4 is 59.5 Å². The summed E-state index contributed by atoms with van der Waals surface area (Å²) in [5.74, 6) is 0.306. The molecule has 1 aromatic heterocycles. The fourth-order valence-electron chi connectivity index (χ4n) is 2.96. The minimum Gasteiger partial charge on any atom is -0.481 e. The van der Waals surface area contributed by atoms with E-state index in [1.807, 2.05) is 35.1 Å². The van der Waals surface area contributed by atoms with Crippen LogP contribution in [0.5, 0.6) is 0 Å². The molecule has 6 nitrogen and oxygen atoms in total. The van der Waals surface area contributed by atoms with E-state index in [9.17, 15) is 9.59 Å². The molecule has 9 heteroatoms. The molecule has 1 aliphatic rings. The molecule has 1 atom stereocenters. The number of fused-ring (bicyclic) bond motifs is 1. The minimum atomic E-state index is -0.823. The Morgan fingerprint density at radius 2 is 2.04 bits per heavy atom. The molecule has 1 unspecified atom stereocenters. The number of imidazole rings is 1. The quantitative estimate of drug-likeness (QED) is 0.827. The van der Waals surface area contributed by atoms with Crippen molar-refractivity contribution in [3.05, 3.63) is 30.1 Å². The van der Waals surface area contributed by atoms with Gasteiger partial charge >= 0.3 is 5.97 Å². The minimum absolute atomic E-state index is 0. The van der Waals surface area contributed by atoms with E-state index >= 15 is 0 Å². The van der Waals surface area contributed by atoms with Crippen LogP contribution in [-0.2, 0) is 21.9 Å². The van der Waals surface area contributed by atoms with Crippen LogP contribution in [-0.4, -0.2) is 50.8 Å². The van der Waals surface area contributed by atoms with Crippen molar-refractivity contribution in [3.8, 4) is 0 Å². The van der Waals surface area contributed by atoms with Crippen molar-refractivity contribution in [3.63, 3.8) is 0 Å². The van der Waals surface area contributed by atoms with Crippen LogP contribution in [0, 0.1) is 5.92 Å². The van der Waals surface area contributed by atoms with Gasteiger partial charge in [-0.2, -0.15) is 11.8 Å². The molecule has 1 aliphatic heterocycles. The largest absolute Gasteiger partial charge is 0.481 e. The summed E-state index contributed by atoms with van der Waals surface area (Å²) in [7, 11) is 0. The summed E-state index contributed by atoms with van der Waals surface area (Å²) >= 11 is 1.66. The molecule has 0 aliphatic carbocycles. The molecule has 0 spiro atoms. The van der Waals surface area contributed by atoms with Gasteiger partial charge in [0.05, 0.1) is 22.7 Å². The maximum Gasteiger partial charge on any atom is 0.308 e. The van der Waals surface area contributed by atoms with Crippen LogP contribution in [0.2, 0.25) is 0 Å².